The Morgan fingerprint density at radius 3 is 1.43 bits per heavy atom. The van der Waals surface area contributed by atoms with Crippen molar-refractivity contribution in [3.8, 4) is 0 Å². The van der Waals surface area contributed by atoms with Gasteiger partial charge < -0.3 is 24.8 Å². The third kappa shape index (κ3) is 66.7. The zero-order chi connectivity index (χ0) is 11.8. The minimum atomic E-state index is -1.25. The molecular weight excluding hydrogens is 192 g/mol. The second-order valence-corrected chi connectivity index (χ2v) is 1.70. The first kappa shape index (κ1) is 18.8. The van der Waals surface area contributed by atoms with E-state index in [2.05, 4.69) is 4.74 Å². The number of aliphatic hydroxyl groups is 2. The summed E-state index contributed by atoms with van der Waals surface area (Å²) in [5, 5.41) is 22.8. The normalized spacial score (nSPS) is 7.50. The molecule has 6 nitrogen and oxygen atoms in total. The van der Waals surface area contributed by atoms with E-state index in [1.807, 2.05) is 13.8 Å². The van der Waals surface area contributed by atoms with Gasteiger partial charge in [-0.25, -0.2) is 4.79 Å². The zero-order valence-electron chi connectivity index (χ0n) is 8.89. The maximum absolute atomic E-state index is 9.15. The van der Waals surface area contributed by atoms with Crippen molar-refractivity contribution in [1.29, 1.82) is 0 Å². The molecule has 0 aliphatic rings. The van der Waals surface area contributed by atoms with Crippen molar-refractivity contribution >= 4 is 6.16 Å². The Balaban J connectivity index is -0.000000131. The van der Waals surface area contributed by atoms with Gasteiger partial charge in [-0.3, -0.25) is 0 Å². The number of methoxy groups -OCH3 is 1. The molecule has 3 N–H and O–H groups in total. The molecule has 6 heteroatoms. The Hall–Kier alpha value is -0.850. The van der Waals surface area contributed by atoms with Crippen LogP contribution >= 0.6 is 0 Å². The van der Waals surface area contributed by atoms with Crippen LogP contribution in [0.1, 0.15) is 13.8 Å². The second-order valence-electron chi connectivity index (χ2n) is 1.70. The summed E-state index contributed by atoms with van der Waals surface area (Å²) in [7, 11) is 1.10. The molecule has 0 saturated heterocycles. The molecule has 0 aromatic heterocycles. The van der Waals surface area contributed by atoms with Crippen LogP contribution in [0, 0.1) is 0 Å². The van der Waals surface area contributed by atoms with Crippen LogP contribution in [0.15, 0.2) is 0 Å². The molecule has 0 fully saturated rings. The molecule has 0 unspecified atom stereocenters. The number of carboxylic acid groups (broad SMARTS) is 1. The summed E-state index contributed by atoms with van der Waals surface area (Å²) in [6.07, 6.45) is -1.25. The standard InChI is InChI=1S/C4H10O.C2H4O3.C2H6O2/c1-3-5-4-2;1-5-2(3)4;3-1-2-4/h3-4H2,1-2H3;1H3,(H,3,4);3-4H,1-2H2. The predicted octanol–water partition coefficient (Wildman–Crippen LogP) is 0.325. The largest absolute Gasteiger partial charge is 0.505 e. The fourth-order valence-electron chi connectivity index (χ4n) is 0.204. The van der Waals surface area contributed by atoms with E-state index < -0.39 is 6.16 Å². The van der Waals surface area contributed by atoms with Gasteiger partial charge in [0.15, 0.2) is 0 Å². The Morgan fingerprint density at radius 1 is 1.14 bits per heavy atom. The SMILES string of the molecule is CCOCC.COC(=O)O.OCCO. The Labute approximate surface area is 84.1 Å². The van der Waals surface area contributed by atoms with Crippen LogP contribution in [0.25, 0.3) is 0 Å². The molecule has 0 aliphatic heterocycles. The maximum atomic E-state index is 9.15. The summed E-state index contributed by atoms with van der Waals surface area (Å²) in [5.74, 6) is 0. The van der Waals surface area contributed by atoms with E-state index >= 15 is 0 Å². The quantitative estimate of drug-likeness (QED) is 0.583. The van der Waals surface area contributed by atoms with Crippen LogP contribution < -0.4 is 0 Å². The summed E-state index contributed by atoms with van der Waals surface area (Å²) in [6, 6.07) is 0. The van der Waals surface area contributed by atoms with Gasteiger partial charge in [-0.05, 0) is 13.8 Å². The third-order valence-corrected chi connectivity index (χ3v) is 0.683. The fourth-order valence-corrected chi connectivity index (χ4v) is 0.204. The Kier molecular flexibility index (Phi) is 30.6. The van der Waals surface area contributed by atoms with Crippen LogP contribution in [0.5, 0.6) is 0 Å². The van der Waals surface area contributed by atoms with Gasteiger partial charge in [0.05, 0.1) is 20.3 Å². The highest BCUT2D eigenvalue weighted by Crippen LogP contribution is 1.64. The van der Waals surface area contributed by atoms with Gasteiger partial charge in [0.1, 0.15) is 0 Å². The molecule has 0 radical (unpaired) electrons. The molecule has 0 rings (SSSR count). The predicted molar refractivity (Wildman–Crippen MR) is 51.4 cm³/mol. The molecule has 0 aromatic carbocycles. The molecule has 0 heterocycles. The van der Waals surface area contributed by atoms with Crippen molar-refractivity contribution in [3.05, 3.63) is 0 Å². The van der Waals surface area contributed by atoms with Crippen LogP contribution in [0.3, 0.4) is 0 Å². The van der Waals surface area contributed by atoms with Gasteiger partial charge in [-0.15, -0.1) is 0 Å². The fraction of sp³-hybridized carbons (Fsp3) is 0.875. The molecule has 0 spiro atoms. The zero-order valence-corrected chi connectivity index (χ0v) is 8.89. The van der Waals surface area contributed by atoms with E-state index in [4.69, 9.17) is 24.9 Å². The lowest BCUT2D eigenvalue weighted by molar-refractivity contribution is 0.114. The van der Waals surface area contributed by atoms with E-state index in [1.54, 1.807) is 0 Å². The first-order valence-electron chi connectivity index (χ1n) is 4.16. The molecule has 0 amide bonds. The minimum absolute atomic E-state index is 0.125. The molecule has 0 atom stereocenters. The molecule has 14 heavy (non-hydrogen) atoms. The highest BCUT2D eigenvalue weighted by Gasteiger charge is 1.80. The summed E-state index contributed by atoms with van der Waals surface area (Å²) in [6.45, 7) is 5.42. The summed E-state index contributed by atoms with van der Waals surface area (Å²) < 4.78 is 8.50. The summed E-state index contributed by atoms with van der Waals surface area (Å²) >= 11 is 0. The van der Waals surface area contributed by atoms with E-state index in [1.165, 1.54) is 0 Å². The monoisotopic (exact) mass is 212 g/mol. The minimum Gasteiger partial charge on any atom is -0.450 e. The highest BCUT2D eigenvalue weighted by molar-refractivity contribution is 5.56. The molecule has 0 saturated carbocycles. The molecule has 88 valence electrons. The molecular formula is C8H20O6. The molecule has 0 aliphatic carbocycles. The van der Waals surface area contributed by atoms with Crippen LogP contribution in [-0.4, -0.2) is 55.0 Å². The van der Waals surface area contributed by atoms with Gasteiger partial charge >= 0.3 is 6.16 Å². The number of ether oxygens (including phenoxy) is 2. The number of hydrogen-bond donors (Lipinski definition) is 3. The Morgan fingerprint density at radius 2 is 1.43 bits per heavy atom. The van der Waals surface area contributed by atoms with Crippen molar-refractivity contribution < 1.29 is 29.6 Å². The van der Waals surface area contributed by atoms with Gasteiger partial charge in [0, 0.05) is 13.2 Å². The lowest BCUT2D eigenvalue weighted by atomic mass is 10.8. The second kappa shape index (κ2) is 22.7. The highest BCUT2D eigenvalue weighted by atomic mass is 16.6. The van der Waals surface area contributed by atoms with E-state index in [-0.39, 0.29) is 13.2 Å². The third-order valence-electron chi connectivity index (χ3n) is 0.683. The van der Waals surface area contributed by atoms with Gasteiger partial charge in [0.25, 0.3) is 0 Å². The Bertz CT molecular complexity index is 91.8. The first-order valence-corrected chi connectivity index (χ1v) is 4.16. The smallest absolute Gasteiger partial charge is 0.450 e. The lowest BCUT2D eigenvalue weighted by Crippen LogP contribution is -1.91. The summed E-state index contributed by atoms with van der Waals surface area (Å²) in [5.41, 5.74) is 0. The average molecular weight is 212 g/mol. The van der Waals surface area contributed by atoms with Crippen molar-refractivity contribution in [3.63, 3.8) is 0 Å². The van der Waals surface area contributed by atoms with Crippen molar-refractivity contribution in [2.75, 3.05) is 33.5 Å². The number of aliphatic hydroxyl groups excluding tert-OH is 2. The van der Waals surface area contributed by atoms with Gasteiger partial charge in [-0.2, -0.15) is 0 Å². The van der Waals surface area contributed by atoms with Crippen LogP contribution in [-0.2, 0) is 9.47 Å². The first-order chi connectivity index (χ1) is 6.60. The number of rotatable bonds is 3. The summed E-state index contributed by atoms with van der Waals surface area (Å²) in [4.78, 5) is 9.15. The van der Waals surface area contributed by atoms with Crippen molar-refractivity contribution in [2.45, 2.75) is 13.8 Å². The van der Waals surface area contributed by atoms with Gasteiger partial charge in [-0.1, -0.05) is 0 Å². The lowest BCUT2D eigenvalue weighted by Gasteiger charge is -1.86. The molecule has 0 aromatic rings. The van der Waals surface area contributed by atoms with Gasteiger partial charge in [0.2, 0.25) is 0 Å². The maximum Gasteiger partial charge on any atom is 0.505 e. The van der Waals surface area contributed by atoms with Crippen LogP contribution in [0.2, 0.25) is 0 Å². The number of carbonyl (C=O) groups is 1. The van der Waals surface area contributed by atoms with Crippen molar-refractivity contribution in [1.82, 2.24) is 0 Å². The van der Waals surface area contributed by atoms with E-state index in [0.29, 0.717) is 0 Å². The van der Waals surface area contributed by atoms with Crippen molar-refractivity contribution in [2.24, 2.45) is 0 Å². The van der Waals surface area contributed by atoms with Crippen LogP contribution in [0.4, 0.5) is 4.79 Å². The molecule has 0 bridgehead atoms. The average Bonchev–Trinajstić information content (AvgIpc) is 2.20. The topological polar surface area (TPSA) is 96.2 Å². The van der Waals surface area contributed by atoms with E-state index in [0.717, 1.165) is 20.3 Å². The van der Waals surface area contributed by atoms with E-state index in [9.17, 15) is 0 Å². The number of hydrogen-bond acceptors (Lipinski definition) is 5.